The maximum absolute atomic E-state index is 12.8. The third kappa shape index (κ3) is 4.38. The van der Waals surface area contributed by atoms with E-state index in [4.69, 9.17) is 0 Å². The number of phenols is 1. The van der Waals surface area contributed by atoms with Gasteiger partial charge < -0.3 is 5.11 Å². The predicted molar refractivity (Wildman–Crippen MR) is 105 cm³/mol. The molecule has 1 heterocycles. The predicted octanol–water partition coefficient (Wildman–Crippen LogP) is 4.33. The number of hydrogen-bond donors (Lipinski definition) is 1. The Hall–Kier alpha value is -3.48. The summed E-state index contributed by atoms with van der Waals surface area (Å²) in [5, 5.41) is 26.1. The molecule has 0 fully saturated rings. The minimum Gasteiger partial charge on any atom is -0.502 e. The van der Waals surface area contributed by atoms with E-state index < -0.39 is 16.4 Å². The zero-order valence-corrected chi connectivity index (χ0v) is 15.5. The second kappa shape index (κ2) is 8.27. The summed E-state index contributed by atoms with van der Waals surface area (Å²) in [6, 6.07) is 3.94. The summed E-state index contributed by atoms with van der Waals surface area (Å²) in [5.74, 6) is -0.757. The summed E-state index contributed by atoms with van der Waals surface area (Å²) in [6.07, 6.45) is 7.69. The molecular formula is C20H21N3O4. The van der Waals surface area contributed by atoms with E-state index in [0.717, 1.165) is 12.0 Å². The summed E-state index contributed by atoms with van der Waals surface area (Å²) in [7, 11) is 0. The molecule has 27 heavy (non-hydrogen) atoms. The molecule has 1 aliphatic heterocycles. The highest BCUT2D eigenvalue weighted by Gasteiger charge is 2.29. The molecule has 0 unspecified atom stereocenters. The zero-order chi connectivity index (χ0) is 20.1. The SMILES string of the molecule is C=C(C=CC(=CC)N1N=C(C)/C(=C\c2ccc(O)c([N+](=O)[O-])c2)C1=O)CC. The van der Waals surface area contributed by atoms with Gasteiger partial charge in [0, 0.05) is 6.07 Å². The van der Waals surface area contributed by atoms with E-state index in [2.05, 4.69) is 11.7 Å². The lowest BCUT2D eigenvalue weighted by Gasteiger charge is -2.12. The number of aromatic hydroxyl groups is 1. The van der Waals surface area contributed by atoms with Crippen molar-refractivity contribution < 1.29 is 14.8 Å². The molecule has 0 radical (unpaired) electrons. The summed E-state index contributed by atoms with van der Waals surface area (Å²) in [6.45, 7) is 9.39. The molecule has 0 aliphatic carbocycles. The highest BCUT2D eigenvalue weighted by molar-refractivity contribution is 6.27. The first-order valence-electron chi connectivity index (χ1n) is 8.39. The quantitative estimate of drug-likeness (QED) is 0.350. The molecule has 7 heteroatoms. The molecule has 0 spiro atoms. The number of carbonyl (C=O) groups is 1. The van der Waals surface area contributed by atoms with Gasteiger partial charge in [-0.2, -0.15) is 10.1 Å². The number of allylic oxidation sites excluding steroid dienone is 4. The Balaban J connectivity index is 2.35. The van der Waals surface area contributed by atoms with Crippen molar-refractivity contribution in [1.29, 1.82) is 0 Å². The molecular weight excluding hydrogens is 346 g/mol. The maximum atomic E-state index is 12.8. The lowest BCUT2D eigenvalue weighted by atomic mass is 10.1. The Morgan fingerprint density at radius 3 is 2.70 bits per heavy atom. The van der Waals surface area contributed by atoms with Gasteiger partial charge in [-0.1, -0.05) is 37.3 Å². The van der Waals surface area contributed by atoms with Crippen molar-refractivity contribution in [3.05, 3.63) is 75.5 Å². The topological polar surface area (TPSA) is 96.0 Å². The first-order valence-corrected chi connectivity index (χ1v) is 8.39. The van der Waals surface area contributed by atoms with E-state index in [9.17, 15) is 20.0 Å². The van der Waals surface area contributed by atoms with Crippen molar-refractivity contribution in [1.82, 2.24) is 5.01 Å². The van der Waals surface area contributed by atoms with Gasteiger partial charge in [0.2, 0.25) is 0 Å². The Morgan fingerprint density at radius 2 is 2.11 bits per heavy atom. The number of carbonyl (C=O) groups excluding carboxylic acids is 1. The molecule has 2 rings (SSSR count). The van der Waals surface area contributed by atoms with Crippen LogP contribution in [0.3, 0.4) is 0 Å². The van der Waals surface area contributed by atoms with E-state index in [1.165, 1.54) is 29.3 Å². The van der Waals surface area contributed by atoms with Crippen LogP contribution in [-0.4, -0.2) is 26.7 Å². The summed E-state index contributed by atoms with van der Waals surface area (Å²) >= 11 is 0. The van der Waals surface area contributed by atoms with Crippen molar-refractivity contribution in [2.24, 2.45) is 5.10 Å². The van der Waals surface area contributed by atoms with Gasteiger partial charge >= 0.3 is 5.69 Å². The monoisotopic (exact) mass is 367 g/mol. The van der Waals surface area contributed by atoms with Crippen LogP contribution in [0, 0.1) is 10.1 Å². The number of nitrogens with zero attached hydrogens (tertiary/aromatic N) is 3. The molecule has 0 atom stereocenters. The number of hydrogen-bond acceptors (Lipinski definition) is 5. The van der Waals surface area contributed by atoms with Gasteiger partial charge in [-0.15, -0.1) is 0 Å². The van der Waals surface area contributed by atoms with Crippen LogP contribution >= 0.6 is 0 Å². The summed E-state index contributed by atoms with van der Waals surface area (Å²) in [5.41, 5.74) is 2.37. The lowest BCUT2D eigenvalue weighted by Crippen LogP contribution is -2.20. The van der Waals surface area contributed by atoms with Crippen molar-refractivity contribution >= 4 is 23.4 Å². The van der Waals surface area contributed by atoms with E-state index in [1.54, 1.807) is 26.0 Å². The summed E-state index contributed by atoms with van der Waals surface area (Å²) in [4.78, 5) is 23.1. The normalized spacial score (nSPS) is 16.3. The van der Waals surface area contributed by atoms with Crippen molar-refractivity contribution in [3.8, 4) is 5.75 Å². The maximum Gasteiger partial charge on any atom is 0.311 e. The minimum absolute atomic E-state index is 0.330. The molecule has 1 amide bonds. The van der Waals surface area contributed by atoms with Crippen LogP contribution in [0.4, 0.5) is 5.69 Å². The van der Waals surface area contributed by atoms with Crippen LogP contribution in [-0.2, 0) is 4.79 Å². The van der Waals surface area contributed by atoms with Crippen LogP contribution in [0.1, 0.15) is 32.8 Å². The number of nitro groups is 1. The third-order valence-corrected chi connectivity index (χ3v) is 4.05. The molecule has 1 aromatic rings. The third-order valence-electron chi connectivity index (χ3n) is 4.05. The number of phenolic OH excluding ortho intramolecular Hbond substituents is 1. The van der Waals surface area contributed by atoms with Gasteiger partial charge in [-0.05, 0) is 44.1 Å². The first-order chi connectivity index (χ1) is 12.8. The highest BCUT2D eigenvalue weighted by atomic mass is 16.6. The minimum atomic E-state index is -0.676. The zero-order valence-electron chi connectivity index (χ0n) is 15.5. The number of nitro benzene ring substituents is 1. The molecule has 0 saturated heterocycles. The molecule has 7 nitrogen and oxygen atoms in total. The highest BCUT2D eigenvalue weighted by Crippen LogP contribution is 2.29. The molecule has 1 aliphatic rings. The Bertz CT molecular complexity index is 923. The average molecular weight is 367 g/mol. The lowest BCUT2D eigenvalue weighted by molar-refractivity contribution is -0.385. The van der Waals surface area contributed by atoms with E-state index in [-0.39, 0.29) is 5.91 Å². The number of amides is 1. The number of hydrazone groups is 1. The van der Waals surface area contributed by atoms with Crippen LogP contribution < -0.4 is 0 Å². The molecule has 0 aromatic heterocycles. The van der Waals surface area contributed by atoms with Crippen LogP contribution in [0.15, 0.2) is 65.0 Å². The fraction of sp³-hybridized carbons (Fsp3) is 0.200. The van der Waals surface area contributed by atoms with Gasteiger partial charge in [-0.25, -0.2) is 0 Å². The number of rotatable bonds is 6. The Labute approximate surface area is 157 Å². The fourth-order valence-electron chi connectivity index (χ4n) is 2.41. The van der Waals surface area contributed by atoms with Crippen molar-refractivity contribution in [2.45, 2.75) is 27.2 Å². The van der Waals surface area contributed by atoms with E-state index in [1.807, 2.05) is 13.0 Å². The second-order valence-corrected chi connectivity index (χ2v) is 5.92. The molecule has 1 N–H and O–H groups in total. The smallest absolute Gasteiger partial charge is 0.311 e. The Kier molecular flexibility index (Phi) is 6.07. The first kappa shape index (κ1) is 19.8. The van der Waals surface area contributed by atoms with Gasteiger partial charge in [0.05, 0.1) is 21.9 Å². The molecule has 0 bridgehead atoms. The van der Waals surface area contributed by atoms with Crippen LogP contribution in [0.25, 0.3) is 6.08 Å². The second-order valence-electron chi connectivity index (χ2n) is 5.92. The van der Waals surface area contributed by atoms with Crippen LogP contribution in [0.2, 0.25) is 0 Å². The molecule has 0 saturated carbocycles. The summed E-state index contributed by atoms with van der Waals surface area (Å²) < 4.78 is 0. The van der Waals surface area contributed by atoms with Gasteiger partial charge in [0.15, 0.2) is 5.75 Å². The van der Waals surface area contributed by atoms with Crippen LogP contribution in [0.5, 0.6) is 5.75 Å². The number of benzene rings is 1. The van der Waals surface area contributed by atoms with E-state index >= 15 is 0 Å². The van der Waals surface area contributed by atoms with Gasteiger partial charge in [0.25, 0.3) is 5.91 Å². The van der Waals surface area contributed by atoms with Crippen molar-refractivity contribution in [2.75, 3.05) is 0 Å². The Morgan fingerprint density at radius 1 is 1.41 bits per heavy atom. The van der Waals surface area contributed by atoms with Gasteiger partial charge in [0.1, 0.15) is 0 Å². The van der Waals surface area contributed by atoms with Crippen molar-refractivity contribution in [3.63, 3.8) is 0 Å². The largest absolute Gasteiger partial charge is 0.502 e. The fourth-order valence-corrected chi connectivity index (χ4v) is 2.41. The molecule has 1 aromatic carbocycles. The molecule has 140 valence electrons. The van der Waals surface area contributed by atoms with E-state index in [0.29, 0.717) is 22.5 Å². The standard InChI is InChI=1S/C20H21N3O4/c1-5-13(3)7-9-16(6-2)22-20(25)17(14(4)21-22)11-15-8-10-19(24)18(12-15)23(26)27/h6-12,24H,3,5H2,1-2,4H3/b9-7?,16-6?,17-11+. The average Bonchev–Trinajstić information content (AvgIpc) is 2.91. The van der Waals surface area contributed by atoms with Gasteiger partial charge in [-0.3, -0.25) is 14.9 Å².